The lowest BCUT2D eigenvalue weighted by molar-refractivity contribution is -0.137. The Bertz CT molecular complexity index is 759. The minimum Gasteiger partial charge on any atom is -0.383 e. The summed E-state index contributed by atoms with van der Waals surface area (Å²) in [5, 5.41) is 7.43. The number of Topliss-reactive ketones (excluding diaryl/α,β-unsaturated/α-hetero) is 1. The predicted octanol–water partition coefficient (Wildman–Crippen LogP) is 3.59. The number of anilines is 1. The van der Waals surface area contributed by atoms with Crippen molar-refractivity contribution in [2.75, 3.05) is 5.73 Å². The van der Waals surface area contributed by atoms with Crippen molar-refractivity contribution in [2.45, 2.75) is 6.18 Å². The van der Waals surface area contributed by atoms with Gasteiger partial charge in [0, 0.05) is 11.8 Å². The van der Waals surface area contributed by atoms with Crippen LogP contribution in [0.3, 0.4) is 0 Å². The molecule has 0 spiro atoms. The molecule has 0 aliphatic heterocycles. The van der Waals surface area contributed by atoms with Gasteiger partial charge in [0.1, 0.15) is 11.5 Å². The van der Waals surface area contributed by atoms with E-state index < -0.39 is 28.8 Å². The first-order valence-corrected chi connectivity index (χ1v) is 6.31. The molecule has 0 radical (unpaired) electrons. The first-order valence-electron chi connectivity index (χ1n) is 5.93. The van der Waals surface area contributed by atoms with E-state index in [0.29, 0.717) is 0 Å². The normalized spacial score (nSPS) is 11.3. The first-order chi connectivity index (χ1) is 10.2. The molecule has 4 nitrogen and oxygen atoms in total. The number of nitrogens with one attached hydrogen (secondary N) is 1. The second kappa shape index (κ2) is 5.76. The number of aromatic nitrogens is 1. The number of nitrogens with zero attached hydrogens (tertiary/aromatic N) is 1. The van der Waals surface area contributed by atoms with Gasteiger partial charge in [0.2, 0.25) is 5.78 Å². The number of alkyl halides is 3. The van der Waals surface area contributed by atoms with Gasteiger partial charge in [0.15, 0.2) is 0 Å². The van der Waals surface area contributed by atoms with E-state index in [0.717, 1.165) is 18.2 Å². The summed E-state index contributed by atoms with van der Waals surface area (Å²) in [6.07, 6.45) is -3.43. The van der Waals surface area contributed by atoms with Crippen molar-refractivity contribution in [1.29, 1.82) is 5.41 Å². The van der Waals surface area contributed by atoms with Gasteiger partial charge < -0.3 is 5.73 Å². The third-order valence-corrected chi connectivity index (χ3v) is 3.20. The number of halogens is 4. The Balaban J connectivity index is 2.56. The quantitative estimate of drug-likeness (QED) is 0.668. The van der Waals surface area contributed by atoms with Crippen molar-refractivity contribution in [3.63, 3.8) is 0 Å². The van der Waals surface area contributed by atoms with Crippen LogP contribution in [0.5, 0.6) is 0 Å². The topological polar surface area (TPSA) is 79.8 Å². The third-order valence-electron chi connectivity index (χ3n) is 2.88. The molecule has 2 rings (SSSR count). The van der Waals surface area contributed by atoms with Gasteiger partial charge in [0.25, 0.3) is 0 Å². The summed E-state index contributed by atoms with van der Waals surface area (Å²) >= 11 is 5.74. The Morgan fingerprint density at radius 2 is 1.91 bits per heavy atom. The van der Waals surface area contributed by atoms with Crippen molar-refractivity contribution in [1.82, 2.24) is 4.98 Å². The van der Waals surface area contributed by atoms with Gasteiger partial charge in [-0.3, -0.25) is 10.2 Å². The molecule has 0 saturated carbocycles. The van der Waals surface area contributed by atoms with Gasteiger partial charge >= 0.3 is 6.18 Å². The van der Waals surface area contributed by atoms with Crippen LogP contribution in [0.4, 0.5) is 19.0 Å². The van der Waals surface area contributed by atoms with Gasteiger partial charge in [-0.05, 0) is 24.3 Å². The van der Waals surface area contributed by atoms with Crippen LogP contribution >= 0.6 is 11.6 Å². The Kier molecular flexibility index (Phi) is 4.18. The van der Waals surface area contributed by atoms with Crippen LogP contribution < -0.4 is 5.73 Å². The van der Waals surface area contributed by atoms with E-state index in [-0.39, 0.29) is 16.4 Å². The Morgan fingerprint density at radius 3 is 2.50 bits per heavy atom. The maximum absolute atomic E-state index is 13.0. The zero-order valence-electron chi connectivity index (χ0n) is 10.9. The second-order valence-corrected chi connectivity index (χ2v) is 4.71. The van der Waals surface area contributed by atoms with Crippen LogP contribution in [-0.4, -0.2) is 16.5 Å². The molecule has 2 aromatic rings. The highest BCUT2D eigenvalue weighted by atomic mass is 35.5. The van der Waals surface area contributed by atoms with E-state index in [1.165, 1.54) is 18.3 Å². The average molecular weight is 328 g/mol. The van der Waals surface area contributed by atoms with Crippen molar-refractivity contribution >= 4 is 28.9 Å². The van der Waals surface area contributed by atoms with E-state index in [1.807, 2.05) is 0 Å². The molecule has 0 fully saturated rings. The summed E-state index contributed by atoms with van der Waals surface area (Å²) in [5.41, 5.74) is 2.81. The fourth-order valence-electron chi connectivity index (χ4n) is 1.87. The number of rotatable bonds is 3. The SMILES string of the molecule is N=C(C(=O)c1c(Cl)cccc1C(F)(F)F)c1cccnc1N. The van der Waals surface area contributed by atoms with Crippen molar-refractivity contribution in [3.8, 4) is 0 Å². The van der Waals surface area contributed by atoms with Crippen LogP contribution in [0, 0.1) is 5.41 Å². The van der Waals surface area contributed by atoms with Crippen LogP contribution in [0.2, 0.25) is 5.02 Å². The van der Waals surface area contributed by atoms with Gasteiger partial charge in [-0.25, -0.2) is 4.98 Å². The summed E-state index contributed by atoms with van der Waals surface area (Å²) in [7, 11) is 0. The summed E-state index contributed by atoms with van der Waals surface area (Å²) in [6, 6.07) is 5.73. The lowest BCUT2D eigenvalue weighted by atomic mass is 9.96. The third kappa shape index (κ3) is 2.94. The lowest BCUT2D eigenvalue weighted by Gasteiger charge is -2.14. The number of pyridine rings is 1. The molecule has 0 bridgehead atoms. The number of nitrogen functional groups attached to an aromatic ring is 1. The maximum Gasteiger partial charge on any atom is 0.417 e. The standard InChI is InChI=1S/C14H9ClF3N3O/c15-9-5-1-4-8(14(16,17)18)10(9)12(22)11(19)7-3-2-6-21-13(7)20/h1-6,19H,(H2,20,21). The summed E-state index contributed by atoms with van der Waals surface area (Å²) in [5.74, 6) is -1.29. The van der Waals surface area contributed by atoms with Crippen LogP contribution in [0.15, 0.2) is 36.5 Å². The highest BCUT2D eigenvalue weighted by Crippen LogP contribution is 2.35. The molecule has 1 aromatic heterocycles. The molecule has 0 saturated heterocycles. The zero-order chi connectivity index (χ0) is 16.5. The molecule has 114 valence electrons. The largest absolute Gasteiger partial charge is 0.417 e. The van der Waals surface area contributed by atoms with E-state index in [1.54, 1.807) is 0 Å². The molecule has 22 heavy (non-hydrogen) atoms. The second-order valence-electron chi connectivity index (χ2n) is 4.30. The molecule has 0 atom stereocenters. The molecule has 1 aromatic carbocycles. The van der Waals surface area contributed by atoms with Gasteiger partial charge in [-0.2, -0.15) is 13.2 Å². The Labute approximate surface area is 128 Å². The number of ketones is 1. The first kappa shape index (κ1) is 16.0. The highest BCUT2D eigenvalue weighted by Gasteiger charge is 2.37. The fraction of sp³-hybridized carbons (Fsp3) is 0.0714. The predicted molar refractivity (Wildman–Crippen MR) is 76.3 cm³/mol. The summed E-state index contributed by atoms with van der Waals surface area (Å²) < 4.78 is 39.0. The fourth-order valence-corrected chi connectivity index (χ4v) is 2.13. The number of carbonyl (C=O) groups excluding carboxylic acids is 1. The molecule has 3 N–H and O–H groups in total. The molecule has 1 heterocycles. The van der Waals surface area contributed by atoms with Crippen molar-refractivity contribution in [3.05, 3.63) is 58.2 Å². The average Bonchev–Trinajstić information content (AvgIpc) is 2.45. The number of hydrogen-bond donors (Lipinski definition) is 2. The van der Waals surface area contributed by atoms with Gasteiger partial charge in [-0.1, -0.05) is 17.7 Å². The zero-order valence-corrected chi connectivity index (χ0v) is 11.7. The summed E-state index contributed by atoms with van der Waals surface area (Å²) in [6.45, 7) is 0. The molecule has 0 amide bonds. The molecule has 8 heteroatoms. The van der Waals surface area contributed by atoms with E-state index in [4.69, 9.17) is 22.7 Å². The maximum atomic E-state index is 13.0. The minimum absolute atomic E-state index is 0.0551. The Morgan fingerprint density at radius 1 is 1.23 bits per heavy atom. The molecule has 0 aliphatic rings. The Hall–Kier alpha value is -2.41. The molecular formula is C14H9ClF3N3O. The van der Waals surface area contributed by atoms with E-state index >= 15 is 0 Å². The van der Waals surface area contributed by atoms with E-state index in [9.17, 15) is 18.0 Å². The monoisotopic (exact) mass is 327 g/mol. The number of nitrogens with two attached hydrogens (primary N) is 1. The van der Waals surface area contributed by atoms with Gasteiger partial charge in [-0.15, -0.1) is 0 Å². The minimum atomic E-state index is -4.77. The van der Waals surface area contributed by atoms with Crippen LogP contribution in [-0.2, 0) is 6.18 Å². The molecule has 0 unspecified atom stereocenters. The highest BCUT2D eigenvalue weighted by molar-refractivity contribution is 6.53. The van der Waals surface area contributed by atoms with Crippen LogP contribution in [0.1, 0.15) is 21.5 Å². The number of benzene rings is 1. The molecular weight excluding hydrogens is 319 g/mol. The summed E-state index contributed by atoms with van der Waals surface area (Å²) in [4.78, 5) is 16.0. The lowest BCUT2D eigenvalue weighted by Crippen LogP contribution is -2.21. The van der Waals surface area contributed by atoms with Crippen LogP contribution in [0.25, 0.3) is 0 Å². The van der Waals surface area contributed by atoms with Crippen molar-refractivity contribution in [2.24, 2.45) is 0 Å². The number of hydrogen-bond acceptors (Lipinski definition) is 4. The smallest absolute Gasteiger partial charge is 0.383 e. The number of carbonyl (C=O) groups is 1. The van der Waals surface area contributed by atoms with E-state index in [2.05, 4.69) is 4.98 Å². The molecule has 0 aliphatic carbocycles. The van der Waals surface area contributed by atoms with Crippen molar-refractivity contribution < 1.29 is 18.0 Å². The van der Waals surface area contributed by atoms with Gasteiger partial charge in [0.05, 0.1) is 16.1 Å².